The van der Waals surface area contributed by atoms with E-state index in [1.165, 1.54) is 96.3 Å². The molecule has 7 unspecified atom stereocenters. The molecular formula is C43H77NO8. The van der Waals surface area contributed by atoms with Crippen molar-refractivity contribution < 1.29 is 39.8 Å². The number of carbonyl (C=O) groups is 1. The Labute approximate surface area is 316 Å². The van der Waals surface area contributed by atoms with Crippen LogP contribution in [0.4, 0.5) is 0 Å². The molecule has 1 aliphatic heterocycles. The largest absolute Gasteiger partial charge is 0.394 e. The predicted octanol–water partition coefficient (Wildman–Crippen LogP) is 7.89. The average Bonchev–Trinajstić information content (AvgIpc) is 3.14. The minimum Gasteiger partial charge on any atom is -0.394 e. The molecular weight excluding hydrogens is 658 g/mol. The summed E-state index contributed by atoms with van der Waals surface area (Å²) in [5.41, 5.74) is 0. The van der Waals surface area contributed by atoms with E-state index in [2.05, 4.69) is 55.6 Å². The van der Waals surface area contributed by atoms with Crippen LogP contribution in [0.15, 0.2) is 48.6 Å². The van der Waals surface area contributed by atoms with Crippen LogP contribution in [0.2, 0.25) is 0 Å². The lowest BCUT2D eigenvalue weighted by Crippen LogP contribution is -2.60. The number of carbonyl (C=O) groups excluding carboxylic acids is 1. The average molecular weight is 736 g/mol. The van der Waals surface area contributed by atoms with Gasteiger partial charge in [-0.3, -0.25) is 4.79 Å². The second-order valence-corrected chi connectivity index (χ2v) is 14.4. The first-order valence-electron chi connectivity index (χ1n) is 20.9. The number of amides is 1. The Balaban J connectivity index is 2.37. The predicted molar refractivity (Wildman–Crippen MR) is 212 cm³/mol. The van der Waals surface area contributed by atoms with E-state index in [9.17, 15) is 30.3 Å². The molecule has 52 heavy (non-hydrogen) atoms. The van der Waals surface area contributed by atoms with Crippen LogP contribution < -0.4 is 5.32 Å². The van der Waals surface area contributed by atoms with Gasteiger partial charge in [-0.25, -0.2) is 0 Å². The maximum atomic E-state index is 12.9. The number of unbranched alkanes of at least 4 members (excludes halogenated alkanes) is 18. The first-order chi connectivity index (χ1) is 25.3. The molecule has 1 saturated heterocycles. The fourth-order valence-electron chi connectivity index (χ4n) is 6.22. The Hall–Kier alpha value is -1.85. The molecule has 302 valence electrons. The maximum absolute atomic E-state index is 12.9. The minimum absolute atomic E-state index is 0.196. The van der Waals surface area contributed by atoms with Crippen LogP contribution in [0.25, 0.3) is 0 Å². The Morgan fingerprint density at radius 3 is 1.77 bits per heavy atom. The topological polar surface area (TPSA) is 149 Å². The highest BCUT2D eigenvalue weighted by atomic mass is 16.7. The van der Waals surface area contributed by atoms with Gasteiger partial charge in [-0.15, -0.1) is 0 Å². The van der Waals surface area contributed by atoms with Gasteiger partial charge in [0.05, 0.1) is 25.4 Å². The van der Waals surface area contributed by atoms with Crippen molar-refractivity contribution in [2.45, 2.75) is 204 Å². The van der Waals surface area contributed by atoms with E-state index in [0.29, 0.717) is 6.42 Å². The van der Waals surface area contributed by atoms with Crippen molar-refractivity contribution in [2.75, 3.05) is 13.2 Å². The zero-order chi connectivity index (χ0) is 38.1. The zero-order valence-electron chi connectivity index (χ0n) is 32.8. The van der Waals surface area contributed by atoms with Crippen LogP contribution in [-0.4, -0.2) is 87.5 Å². The molecule has 0 saturated carbocycles. The molecule has 7 atom stereocenters. The highest BCUT2D eigenvalue weighted by Crippen LogP contribution is 2.22. The molecule has 0 aromatic carbocycles. The van der Waals surface area contributed by atoms with Crippen LogP contribution in [0.5, 0.6) is 0 Å². The summed E-state index contributed by atoms with van der Waals surface area (Å²) in [7, 11) is 0. The van der Waals surface area contributed by atoms with Crippen LogP contribution >= 0.6 is 0 Å². The SMILES string of the molecule is CCCCC/C=C\C=C/CCCCCCCCCCCCC(=O)NC(COC1OC(CO)C(O)C(O)C1O)C(O)/C=C/CC/C=C/CCCCCC. The van der Waals surface area contributed by atoms with Gasteiger partial charge in [-0.2, -0.15) is 0 Å². The van der Waals surface area contributed by atoms with Crippen molar-refractivity contribution in [1.82, 2.24) is 5.32 Å². The summed E-state index contributed by atoms with van der Waals surface area (Å²) in [5, 5.41) is 53.9. The second kappa shape index (κ2) is 33.7. The molecule has 1 aliphatic rings. The van der Waals surface area contributed by atoms with E-state index >= 15 is 0 Å². The third-order valence-electron chi connectivity index (χ3n) is 9.65. The van der Waals surface area contributed by atoms with Crippen LogP contribution in [-0.2, 0) is 14.3 Å². The van der Waals surface area contributed by atoms with Crippen LogP contribution in [0.3, 0.4) is 0 Å². The summed E-state index contributed by atoms with van der Waals surface area (Å²) in [4.78, 5) is 12.9. The van der Waals surface area contributed by atoms with Crippen molar-refractivity contribution in [1.29, 1.82) is 0 Å². The fourth-order valence-corrected chi connectivity index (χ4v) is 6.22. The summed E-state index contributed by atoms with van der Waals surface area (Å²) in [6.07, 6.45) is 34.4. The smallest absolute Gasteiger partial charge is 0.220 e. The van der Waals surface area contributed by atoms with Gasteiger partial charge in [0.2, 0.25) is 5.91 Å². The van der Waals surface area contributed by atoms with E-state index < -0.39 is 49.5 Å². The van der Waals surface area contributed by atoms with Crippen molar-refractivity contribution in [3.05, 3.63) is 48.6 Å². The Kier molecular flexibility index (Phi) is 31.2. The molecule has 1 rings (SSSR count). The summed E-state index contributed by atoms with van der Waals surface area (Å²) < 4.78 is 11.1. The molecule has 0 aliphatic carbocycles. The summed E-state index contributed by atoms with van der Waals surface area (Å²) in [5.74, 6) is -0.196. The van der Waals surface area contributed by atoms with E-state index in [4.69, 9.17) is 9.47 Å². The van der Waals surface area contributed by atoms with Gasteiger partial charge in [0.15, 0.2) is 6.29 Å². The van der Waals surface area contributed by atoms with E-state index in [1.54, 1.807) is 6.08 Å². The first kappa shape index (κ1) is 48.2. The maximum Gasteiger partial charge on any atom is 0.220 e. The molecule has 9 heteroatoms. The molecule has 0 radical (unpaired) electrons. The number of hydrogen-bond donors (Lipinski definition) is 6. The molecule has 9 nitrogen and oxygen atoms in total. The lowest BCUT2D eigenvalue weighted by Gasteiger charge is -2.40. The summed E-state index contributed by atoms with van der Waals surface area (Å²) in [6, 6.07) is -0.821. The van der Waals surface area contributed by atoms with Gasteiger partial charge in [0, 0.05) is 6.42 Å². The third-order valence-corrected chi connectivity index (χ3v) is 9.65. The number of hydrogen-bond acceptors (Lipinski definition) is 8. The van der Waals surface area contributed by atoms with Crippen molar-refractivity contribution in [3.63, 3.8) is 0 Å². The number of rotatable bonds is 33. The number of ether oxygens (including phenoxy) is 2. The molecule has 0 aromatic rings. The fraction of sp³-hybridized carbons (Fsp3) is 0.791. The number of aliphatic hydroxyl groups is 5. The second-order valence-electron chi connectivity index (χ2n) is 14.4. The van der Waals surface area contributed by atoms with Gasteiger partial charge in [0.25, 0.3) is 0 Å². The number of nitrogens with one attached hydrogen (secondary N) is 1. The van der Waals surface area contributed by atoms with Crippen molar-refractivity contribution in [3.8, 4) is 0 Å². The molecule has 1 fully saturated rings. The molecule has 6 N–H and O–H groups in total. The van der Waals surface area contributed by atoms with Crippen LogP contribution in [0.1, 0.15) is 162 Å². The Morgan fingerprint density at radius 1 is 0.654 bits per heavy atom. The Morgan fingerprint density at radius 2 is 1.15 bits per heavy atom. The van der Waals surface area contributed by atoms with E-state index in [0.717, 1.165) is 44.9 Å². The first-order valence-corrected chi connectivity index (χ1v) is 20.9. The molecule has 0 spiro atoms. The molecule has 0 bridgehead atoms. The lowest BCUT2D eigenvalue weighted by molar-refractivity contribution is -0.302. The minimum atomic E-state index is -1.57. The highest BCUT2D eigenvalue weighted by molar-refractivity contribution is 5.76. The lowest BCUT2D eigenvalue weighted by atomic mass is 9.99. The van der Waals surface area contributed by atoms with Gasteiger partial charge in [-0.1, -0.05) is 146 Å². The standard InChI is InChI=1S/C43H77NO8/c1-3-5-7-9-11-13-15-16-17-18-19-20-21-22-23-25-27-29-31-33-39(47)44-36(35-51-43-42(50)41(49)40(48)38(34-45)52-43)37(46)32-30-28-26-24-14-12-10-8-6-4-2/h11,13-16,24,30,32,36-38,40-43,45-46,48-50H,3-10,12,17-23,25-29,31,33-35H2,1-2H3,(H,44,47)/b13-11-,16-15-,24-14+,32-30+. The molecule has 0 aromatic heterocycles. The van der Waals surface area contributed by atoms with Crippen molar-refractivity contribution in [2.24, 2.45) is 0 Å². The zero-order valence-corrected chi connectivity index (χ0v) is 32.8. The normalized spacial score (nSPS) is 22.3. The quantitative estimate of drug-likeness (QED) is 0.0227. The number of allylic oxidation sites excluding steroid dienone is 7. The van der Waals surface area contributed by atoms with Gasteiger partial charge < -0.3 is 40.3 Å². The van der Waals surface area contributed by atoms with Crippen LogP contribution in [0, 0.1) is 0 Å². The summed E-state index contributed by atoms with van der Waals surface area (Å²) >= 11 is 0. The number of aliphatic hydroxyl groups excluding tert-OH is 5. The monoisotopic (exact) mass is 736 g/mol. The van der Waals surface area contributed by atoms with Gasteiger partial charge >= 0.3 is 0 Å². The third kappa shape index (κ3) is 24.5. The highest BCUT2D eigenvalue weighted by Gasteiger charge is 2.44. The molecule has 1 amide bonds. The Bertz CT molecular complexity index is 951. The van der Waals surface area contributed by atoms with E-state index in [-0.39, 0.29) is 12.5 Å². The van der Waals surface area contributed by atoms with Crippen molar-refractivity contribution >= 4 is 5.91 Å². The van der Waals surface area contributed by atoms with Gasteiger partial charge in [-0.05, 0) is 57.8 Å². The van der Waals surface area contributed by atoms with E-state index in [1.807, 2.05) is 6.08 Å². The summed E-state index contributed by atoms with van der Waals surface area (Å²) in [6.45, 7) is 3.66. The van der Waals surface area contributed by atoms with Gasteiger partial charge in [0.1, 0.15) is 24.4 Å². The molecule has 1 heterocycles.